The monoisotopic (exact) mass is 520 g/mol. The first-order valence-electron chi connectivity index (χ1n) is 10.1. The Balaban J connectivity index is 1.53. The summed E-state index contributed by atoms with van der Waals surface area (Å²) in [7, 11) is 0. The molecule has 3 amide bonds. The Morgan fingerprint density at radius 2 is 2.14 bits per heavy atom. The van der Waals surface area contributed by atoms with Crippen molar-refractivity contribution in [1.29, 1.82) is 5.41 Å². The molecule has 3 aliphatic rings. The molecule has 184 valence electrons. The molecule has 14 nitrogen and oxygen atoms in total. The van der Waals surface area contributed by atoms with Crippen LogP contribution in [0.25, 0.3) is 0 Å². The van der Waals surface area contributed by atoms with Crippen molar-refractivity contribution in [2.75, 3.05) is 24.6 Å². The van der Waals surface area contributed by atoms with Gasteiger partial charge in [0.1, 0.15) is 28.6 Å². The summed E-state index contributed by atoms with van der Waals surface area (Å²) in [5.41, 5.74) is 10.9. The zero-order valence-corrected chi connectivity index (χ0v) is 19.6. The first-order chi connectivity index (χ1) is 16.6. The van der Waals surface area contributed by atoms with Crippen LogP contribution in [0.4, 0.5) is 5.13 Å². The van der Waals surface area contributed by atoms with Crippen LogP contribution in [0.3, 0.4) is 0 Å². The molecule has 0 bridgehead atoms. The minimum Gasteiger partial charge on any atom is -0.477 e. The first-order valence-corrected chi connectivity index (χ1v) is 12.0. The molecular weight excluding hydrogens is 500 g/mol. The second kappa shape index (κ2) is 9.38. The van der Waals surface area contributed by atoms with Crippen molar-refractivity contribution >= 4 is 63.5 Å². The molecule has 16 heteroatoms. The molecule has 2 saturated heterocycles. The number of hydrogen-bond donors (Lipinski definition) is 6. The van der Waals surface area contributed by atoms with Crippen molar-refractivity contribution < 1.29 is 29.5 Å². The fraction of sp³-hybridized carbons (Fsp3) is 0.316. The molecule has 4 rings (SSSR count). The highest BCUT2D eigenvalue weighted by Crippen LogP contribution is 2.41. The summed E-state index contributed by atoms with van der Waals surface area (Å²) in [6.45, 7) is 0.336. The molecule has 2 fully saturated rings. The van der Waals surface area contributed by atoms with E-state index >= 15 is 0 Å². The van der Waals surface area contributed by atoms with Crippen LogP contribution in [-0.2, 0) is 19.2 Å². The zero-order chi connectivity index (χ0) is 25.4. The number of β-lactam (4-membered cyclic amide) rings is 1. The standard InChI is InChI=1S/C19H20N8O6S2/c20-10(21)4-26-2-1-7(15(26)29)3-8-5-34-17-12(16(30)27(17)13(8)18(31)32)24-14(28)11(25-33)9-6-35-19(22)23-9/h3,6,12,17,33H,1-2,4-5H2,(H3,20,21)(H2,22,23)(H,24,28)(H,31,32)/b7-3+,25-11-/t12-,17-/m1/s1. The number of aliphatic carboxylic acids is 1. The fourth-order valence-corrected chi connectivity index (χ4v) is 5.79. The van der Waals surface area contributed by atoms with Gasteiger partial charge < -0.3 is 32.0 Å². The third-order valence-electron chi connectivity index (χ3n) is 5.49. The van der Waals surface area contributed by atoms with E-state index in [0.29, 0.717) is 24.1 Å². The van der Waals surface area contributed by atoms with Crippen LogP contribution in [0.15, 0.2) is 33.5 Å². The maximum absolute atomic E-state index is 12.8. The number of fused-ring (bicyclic) bond motifs is 1. The number of carbonyl (C=O) groups excluding carboxylic acids is 3. The molecule has 8 N–H and O–H groups in total. The Bertz CT molecular complexity index is 1240. The number of aromatic nitrogens is 1. The van der Waals surface area contributed by atoms with Crippen LogP contribution in [0, 0.1) is 5.41 Å². The number of hydrogen-bond acceptors (Lipinski definition) is 11. The largest absolute Gasteiger partial charge is 0.477 e. The van der Waals surface area contributed by atoms with Gasteiger partial charge in [0.25, 0.3) is 11.8 Å². The van der Waals surface area contributed by atoms with Crippen molar-refractivity contribution in [2.24, 2.45) is 10.9 Å². The van der Waals surface area contributed by atoms with Crippen molar-refractivity contribution in [3.63, 3.8) is 0 Å². The number of allylic oxidation sites excluding steroid dienone is 1. The van der Waals surface area contributed by atoms with E-state index in [2.05, 4.69) is 15.5 Å². The molecule has 35 heavy (non-hydrogen) atoms. The number of oxime groups is 1. The number of likely N-dealkylation sites (tertiary alicyclic amines) is 1. The number of rotatable bonds is 7. The van der Waals surface area contributed by atoms with E-state index in [0.717, 1.165) is 16.2 Å². The van der Waals surface area contributed by atoms with Crippen LogP contribution in [-0.4, -0.2) is 90.6 Å². The van der Waals surface area contributed by atoms with Crippen molar-refractivity contribution in [3.05, 3.63) is 34.0 Å². The lowest BCUT2D eigenvalue weighted by Crippen LogP contribution is -2.71. The second-order valence-corrected chi connectivity index (χ2v) is 9.73. The minimum absolute atomic E-state index is 0.0174. The van der Waals surface area contributed by atoms with E-state index in [1.54, 1.807) is 0 Å². The normalized spacial score (nSPS) is 23.4. The average Bonchev–Trinajstić information content (AvgIpc) is 3.37. The summed E-state index contributed by atoms with van der Waals surface area (Å²) in [4.78, 5) is 56.4. The van der Waals surface area contributed by atoms with Gasteiger partial charge in [-0.3, -0.25) is 24.7 Å². The van der Waals surface area contributed by atoms with Gasteiger partial charge >= 0.3 is 5.97 Å². The van der Waals surface area contributed by atoms with Gasteiger partial charge in [-0.05, 0) is 18.1 Å². The summed E-state index contributed by atoms with van der Waals surface area (Å²) in [6, 6.07) is -1.05. The van der Waals surface area contributed by atoms with E-state index < -0.39 is 34.9 Å². The number of nitrogens with two attached hydrogens (primary N) is 2. The summed E-state index contributed by atoms with van der Waals surface area (Å²) < 4.78 is 0. The Labute approximate surface area is 205 Å². The number of nitrogens with zero attached hydrogens (tertiary/aromatic N) is 4. The summed E-state index contributed by atoms with van der Waals surface area (Å²) in [5.74, 6) is -3.20. The number of nitrogens with one attached hydrogen (secondary N) is 2. The average molecular weight is 521 g/mol. The lowest BCUT2D eigenvalue weighted by molar-refractivity contribution is -0.150. The molecule has 0 spiro atoms. The quantitative estimate of drug-likeness (QED) is 0.0624. The lowest BCUT2D eigenvalue weighted by atomic mass is 10.0. The van der Waals surface area contributed by atoms with Crippen molar-refractivity contribution in [1.82, 2.24) is 20.1 Å². The highest BCUT2D eigenvalue weighted by molar-refractivity contribution is 8.00. The number of thioether (sulfide) groups is 1. The van der Waals surface area contributed by atoms with Crippen LogP contribution >= 0.6 is 23.1 Å². The number of anilines is 1. The van der Waals surface area contributed by atoms with Gasteiger partial charge in [-0.15, -0.1) is 23.1 Å². The van der Waals surface area contributed by atoms with E-state index in [-0.39, 0.29) is 40.6 Å². The van der Waals surface area contributed by atoms with Gasteiger partial charge in [-0.2, -0.15) is 0 Å². The Morgan fingerprint density at radius 1 is 1.40 bits per heavy atom. The molecule has 0 radical (unpaired) electrons. The number of amidine groups is 1. The highest BCUT2D eigenvalue weighted by Gasteiger charge is 2.54. The first kappa shape index (κ1) is 24.2. The van der Waals surface area contributed by atoms with E-state index in [1.807, 2.05) is 0 Å². The molecule has 0 aliphatic carbocycles. The third kappa shape index (κ3) is 4.44. The van der Waals surface area contributed by atoms with Gasteiger partial charge in [0.15, 0.2) is 10.8 Å². The molecule has 1 aromatic heterocycles. The lowest BCUT2D eigenvalue weighted by Gasteiger charge is -2.49. The van der Waals surface area contributed by atoms with Crippen molar-refractivity contribution in [3.8, 4) is 0 Å². The molecule has 0 unspecified atom stereocenters. The van der Waals surface area contributed by atoms with Gasteiger partial charge in [0.2, 0.25) is 5.91 Å². The smallest absolute Gasteiger partial charge is 0.352 e. The number of amides is 3. The molecule has 0 saturated carbocycles. The summed E-state index contributed by atoms with van der Waals surface area (Å²) in [6.07, 6.45) is 1.82. The van der Waals surface area contributed by atoms with Gasteiger partial charge in [-0.25, -0.2) is 9.78 Å². The van der Waals surface area contributed by atoms with Gasteiger partial charge in [0.05, 0.1) is 6.54 Å². The highest BCUT2D eigenvalue weighted by atomic mass is 32.2. The van der Waals surface area contributed by atoms with Crippen LogP contribution in [0.1, 0.15) is 12.1 Å². The Morgan fingerprint density at radius 3 is 2.74 bits per heavy atom. The molecule has 2 atom stereocenters. The predicted molar refractivity (Wildman–Crippen MR) is 126 cm³/mol. The van der Waals surface area contributed by atoms with Crippen molar-refractivity contribution in [2.45, 2.75) is 17.8 Å². The van der Waals surface area contributed by atoms with E-state index in [4.69, 9.17) is 16.9 Å². The number of carboxylic acid groups (broad SMARTS) is 1. The summed E-state index contributed by atoms with van der Waals surface area (Å²) in [5, 5.41) is 32.7. The van der Waals surface area contributed by atoms with E-state index in [1.165, 1.54) is 28.1 Å². The van der Waals surface area contributed by atoms with Gasteiger partial charge in [-0.1, -0.05) is 5.16 Å². The Hall–Kier alpha value is -3.92. The maximum atomic E-state index is 12.8. The van der Waals surface area contributed by atoms with Crippen LogP contribution in [0.5, 0.6) is 0 Å². The predicted octanol–water partition coefficient (Wildman–Crippen LogP) is -1.26. The zero-order valence-electron chi connectivity index (χ0n) is 17.9. The topological polar surface area (TPSA) is 228 Å². The number of thiazole rings is 1. The van der Waals surface area contributed by atoms with Crippen LogP contribution < -0.4 is 16.8 Å². The third-order valence-corrected chi connectivity index (χ3v) is 7.47. The number of carbonyl (C=O) groups is 4. The number of carboxylic acids is 1. The molecule has 0 aromatic carbocycles. The molecule has 3 aliphatic heterocycles. The SMILES string of the molecule is N=C(N)CN1CC/C(=C\C2=C(C(=O)O)N3C(=O)[C@@H](NC(=O)/C(=N\O)c4csc(N)n4)[C@H]3SC2)C1=O. The number of nitrogen functional groups attached to an aromatic ring is 1. The van der Waals surface area contributed by atoms with Crippen LogP contribution in [0.2, 0.25) is 0 Å². The van der Waals surface area contributed by atoms with E-state index in [9.17, 15) is 29.5 Å². The minimum atomic E-state index is -1.35. The summed E-state index contributed by atoms with van der Waals surface area (Å²) >= 11 is 2.26. The molecule has 1 aromatic rings. The Kier molecular flexibility index (Phi) is 6.49. The molecule has 4 heterocycles. The molecular formula is C19H20N8O6S2. The second-order valence-electron chi connectivity index (χ2n) is 7.73. The fourth-order valence-electron chi connectivity index (χ4n) is 3.94. The maximum Gasteiger partial charge on any atom is 0.352 e. The van der Waals surface area contributed by atoms with Gasteiger partial charge in [0, 0.05) is 23.3 Å².